The van der Waals surface area contributed by atoms with Gasteiger partial charge in [-0.25, -0.2) is 9.18 Å². The molecular formula is C18H17FN2O4. The van der Waals surface area contributed by atoms with Crippen molar-refractivity contribution in [2.24, 2.45) is 0 Å². The number of hydrogen-bond acceptors (Lipinski definition) is 3. The van der Waals surface area contributed by atoms with Gasteiger partial charge in [-0.2, -0.15) is 0 Å². The van der Waals surface area contributed by atoms with E-state index in [1.807, 2.05) is 6.92 Å². The molecule has 2 heterocycles. The molecule has 1 aromatic carbocycles. The van der Waals surface area contributed by atoms with Crippen LogP contribution in [-0.2, 0) is 17.6 Å². The SMILES string of the molecule is CCc1ccc(C(=O)NC(Cc2c[nH]c3cc(F)ccc23)C(=O)O)o1. The average Bonchev–Trinajstić information content (AvgIpc) is 3.20. The van der Waals surface area contributed by atoms with E-state index >= 15 is 0 Å². The molecule has 1 atom stereocenters. The number of benzene rings is 1. The second-order valence-corrected chi connectivity index (χ2v) is 5.69. The maximum atomic E-state index is 13.2. The van der Waals surface area contributed by atoms with Crippen molar-refractivity contribution in [3.05, 3.63) is 59.4 Å². The second-order valence-electron chi connectivity index (χ2n) is 5.69. The highest BCUT2D eigenvalue weighted by Crippen LogP contribution is 2.21. The molecule has 1 unspecified atom stereocenters. The first-order chi connectivity index (χ1) is 12.0. The zero-order valence-electron chi connectivity index (χ0n) is 13.5. The van der Waals surface area contributed by atoms with E-state index in [-0.39, 0.29) is 18.0 Å². The van der Waals surface area contributed by atoms with Crippen LogP contribution in [0.25, 0.3) is 10.9 Å². The first kappa shape index (κ1) is 16.8. The number of nitrogens with one attached hydrogen (secondary N) is 2. The van der Waals surface area contributed by atoms with Crippen LogP contribution in [0.1, 0.15) is 28.8 Å². The molecule has 6 nitrogen and oxygen atoms in total. The summed E-state index contributed by atoms with van der Waals surface area (Å²) in [6.45, 7) is 1.89. The molecule has 0 saturated carbocycles. The van der Waals surface area contributed by atoms with Crippen LogP contribution in [0.4, 0.5) is 4.39 Å². The number of amides is 1. The van der Waals surface area contributed by atoms with E-state index in [9.17, 15) is 19.1 Å². The summed E-state index contributed by atoms with van der Waals surface area (Å²) in [7, 11) is 0. The molecule has 2 aromatic heterocycles. The molecule has 25 heavy (non-hydrogen) atoms. The van der Waals surface area contributed by atoms with Crippen molar-refractivity contribution in [1.82, 2.24) is 10.3 Å². The van der Waals surface area contributed by atoms with E-state index in [1.165, 1.54) is 18.2 Å². The number of carboxylic acid groups (broad SMARTS) is 1. The van der Waals surface area contributed by atoms with Gasteiger partial charge in [0, 0.05) is 29.9 Å². The Labute approximate surface area is 142 Å². The molecule has 3 rings (SSSR count). The summed E-state index contributed by atoms with van der Waals surface area (Å²) < 4.78 is 18.6. The summed E-state index contributed by atoms with van der Waals surface area (Å²) in [6, 6.07) is 6.29. The highest BCUT2D eigenvalue weighted by atomic mass is 19.1. The van der Waals surface area contributed by atoms with Crippen LogP contribution in [0, 0.1) is 5.82 Å². The van der Waals surface area contributed by atoms with Crippen molar-refractivity contribution in [3.8, 4) is 0 Å². The van der Waals surface area contributed by atoms with Crippen LogP contribution < -0.4 is 5.32 Å². The Morgan fingerprint density at radius 2 is 2.12 bits per heavy atom. The summed E-state index contributed by atoms with van der Waals surface area (Å²) in [5, 5.41) is 12.6. The van der Waals surface area contributed by atoms with Crippen molar-refractivity contribution in [1.29, 1.82) is 0 Å². The fourth-order valence-electron chi connectivity index (χ4n) is 2.67. The number of furan rings is 1. The average molecular weight is 344 g/mol. The number of aromatic amines is 1. The monoisotopic (exact) mass is 344 g/mol. The van der Waals surface area contributed by atoms with Crippen molar-refractivity contribution in [2.45, 2.75) is 25.8 Å². The third-order valence-electron chi connectivity index (χ3n) is 3.99. The predicted molar refractivity (Wildman–Crippen MR) is 88.9 cm³/mol. The number of rotatable bonds is 6. The fraction of sp³-hybridized carbons (Fsp3) is 0.222. The number of H-pyrrole nitrogens is 1. The molecule has 0 aliphatic carbocycles. The van der Waals surface area contributed by atoms with Crippen molar-refractivity contribution >= 4 is 22.8 Å². The molecular weight excluding hydrogens is 327 g/mol. The number of carboxylic acids is 1. The Kier molecular flexibility index (Phi) is 4.56. The number of hydrogen-bond donors (Lipinski definition) is 3. The first-order valence-electron chi connectivity index (χ1n) is 7.85. The summed E-state index contributed by atoms with van der Waals surface area (Å²) in [6.07, 6.45) is 2.32. The van der Waals surface area contributed by atoms with E-state index in [0.717, 1.165) is 0 Å². The lowest BCUT2D eigenvalue weighted by Crippen LogP contribution is -2.42. The zero-order valence-corrected chi connectivity index (χ0v) is 13.5. The van der Waals surface area contributed by atoms with Gasteiger partial charge in [-0.05, 0) is 35.9 Å². The van der Waals surface area contributed by atoms with Gasteiger partial charge in [0.2, 0.25) is 0 Å². The van der Waals surface area contributed by atoms with Gasteiger partial charge in [0.15, 0.2) is 5.76 Å². The van der Waals surface area contributed by atoms with Crippen LogP contribution in [0.15, 0.2) is 40.9 Å². The molecule has 130 valence electrons. The Hall–Kier alpha value is -3.09. The van der Waals surface area contributed by atoms with Gasteiger partial charge in [-0.3, -0.25) is 4.79 Å². The minimum Gasteiger partial charge on any atom is -0.480 e. The van der Waals surface area contributed by atoms with E-state index in [1.54, 1.807) is 18.3 Å². The lowest BCUT2D eigenvalue weighted by atomic mass is 10.0. The van der Waals surface area contributed by atoms with Crippen LogP contribution in [0.5, 0.6) is 0 Å². The number of aromatic nitrogens is 1. The van der Waals surface area contributed by atoms with Gasteiger partial charge in [0.25, 0.3) is 5.91 Å². The maximum absolute atomic E-state index is 13.2. The van der Waals surface area contributed by atoms with Crippen LogP contribution in [-0.4, -0.2) is 28.0 Å². The topological polar surface area (TPSA) is 95.3 Å². The van der Waals surface area contributed by atoms with E-state index in [4.69, 9.17) is 4.42 Å². The molecule has 0 aliphatic heterocycles. The Morgan fingerprint density at radius 1 is 1.32 bits per heavy atom. The summed E-state index contributed by atoms with van der Waals surface area (Å²) in [4.78, 5) is 26.6. The predicted octanol–water partition coefficient (Wildman–Crippen LogP) is 2.89. The molecule has 0 bridgehead atoms. The molecule has 0 saturated heterocycles. The normalized spacial score (nSPS) is 12.2. The number of aliphatic carboxylic acids is 1. The number of aryl methyl sites for hydroxylation is 1. The molecule has 7 heteroatoms. The minimum atomic E-state index is -1.16. The van der Waals surface area contributed by atoms with Gasteiger partial charge >= 0.3 is 5.97 Å². The van der Waals surface area contributed by atoms with Gasteiger partial charge in [-0.15, -0.1) is 0 Å². The molecule has 0 aliphatic rings. The van der Waals surface area contributed by atoms with Crippen LogP contribution in [0.2, 0.25) is 0 Å². The summed E-state index contributed by atoms with van der Waals surface area (Å²) in [5.74, 6) is -1.40. The van der Waals surface area contributed by atoms with Crippen molar-refractivity contribution in [3.63, 3.8) is 0 Å². The second kappa shape index (κ2) is 6.80. The molecule has 0 fully saturated rings. The van der Waals surface area contributed by atoms with Crippen LogP contribution >= 0.6 is 0 Å². The number of carbonyl (C=O) groups excluding carboxylic acids is 1. The van der Waals surface area contributed by atoms with Crippen LogP contribution in [0.3, 0.4) is 0 Å². The highest BCUT2D eigenvalue weighted by molar-refractivity contribution is 5.94. The van der Waals surface area contributed by atoms with Gasteiger partial charge < -0.3 is 19.8 Å². The third kappa shape index (κ3) is 3.55. The maximum Gasteiger partial charge on any atom is 0.326 e. The fourth-order valence-corrected chi connectivity index (χ4v) is 2.67. The Bertz CT molecular complexity index is 928. The summed E-state index contributed by atoms with van der Waals surface area (Å²) >= 11 is 0. The van der Waals surface area contributed by atoms with E-state index < -0.39 is 17.9 Å². The smallest absolute Gasteiger partial charge is 0.326 e. The van der Waals surface area contributed by atoms with Gasteiger partial charge in [0.05, 0.1) is 0 Å². The highest BCUT2D eigenvalue weighted by Gasteiger charge is 2.24. The quantitative estimate of drug-likeness (QED) is 0.641. The Balaban J connectivity index is 1.78. The van der Waals surface area contributed by atoms with Crippen molar-refractivity contribution in [2.75, 3.05) is 0 Å². The lowest BCUT2D eigenvalue weighted by Gasteiger charge is -2.13. The van der Waals surface area contributed by atoms with Gasteiger partial charge in [-0.1, -0.05) is 6.92 Å². The number of halogens is 1. The largest absolute Gasteiger partial charge is 0.480 e. The summed E-state index contributed by atoms with van der Waals surface area (Å²) in [5.41, 5.74) is 1.25. The molecule has 3 aromatic rings. The minimum absolute atomic E-state index is 0.0635. The molecule has 3 N–H and O–H groups in total. The number of carbonyl (C=O) groups is 2. The molecule has 0 spiro atoms. The third-order valence-corrected chi connectivity index (χ3v) is 3.99. The molecule has 0 radical (unpaired) electrons. The standard InChI is InChI=1S/C18H17FN2O4/c1-2-12-4-6-16(25-12)17(22)21-15(18(23)24)7-10-9-20-14-8-11(19)3-5-13(10)14/h3-6,8-9,15,20H,2,7H2,1H3,(H,21,22)(H,23,24). The zero-order chi connectivity index (χ0) is 18.0. The number of fused-ring (bicyclic) bond motifs is 1. The Morgan fingerprint density at radius 3 is 2.80 bits per heavy atom. The lowest BCUT2D eigenvalue weighted by molar-refractivity contribution is -0.139. The van der Waals surface area contributed by atoms with Gasteiger partial charge in [0.1, 0.15) is 17.6 Å². The van der Waals surface area contributed by atoms with E-state index in [0.29, 0.717) is 28.6 Å². The van der Waals surface area contributed by atoms with Crippen molar-refractivity contribution < 1.29 is 23.5 Å². The molecule has 1 amide bonds. The van der Waals surface area contributed by atoms with E-state index in [2.05, 4.69) is 10.3 Å². The first-order valence-corrected chi connectivity index (χ1v) is 7.85.